The summed E-state index contributed by atoms with van der Waals surface area (Å²) in [5.74, 6) is 2.37. The van der Waals surface area contributed by atoms with E-state index in [9.17, 15) is 4.79 Å². The average Bonchev–Trinajstić information content (AvgIpc) is 3.33. The summed E-state index contributed by atoms with van der Waals surface area (Å²) >= 11 is 0. The van der Waals surface area contributed by atoms with Gasteiger partial charge in [-0.2, -0.15) is 0 Å². The number of fused-ring (bicyclic) bond motifs is 2. The first-order valence-electron chi connectivity index (χ1n) is 10.7. The van der Waals surface area contributed by atoms with Gasteiger partial charge in [0.15, 0.2) is 0 Å². The topological polar surface area (TPSA) is 63.1 Å². The lowest BCUT2D eigenvalue weighted by molar-refractivity contribution is 0.0932. The first kappa shape index (κ1) is 19.0. The Morgan fingerprint density at radius 1 is 1.00 bits per heavy atom. The summed E-state index contributed by atoms with van der Waals surface area (Å²) in [7, 11) is 0. The number of carbonyl (C=O) groups excluding carboxylic acids is 1. The van der Waals surface area contributed by atoms with Crippen LogP contribution in [0.5, 0.6) is 0 Å². The van der Waals surface area contributed by atoms with Crippen molar-refractivity contribution >= 4 is 5.91 Å². The molecule has 3 aromatic rings. The normalized spacial score (nSPS) is 20.6. The number of aromatic nitrogens is 3. The summed E-state index contributed by atoms with van der Waals surface area (Å²) in [6.07, 6.45) is 0.897. The highest BCUT2D eigenvalue weighted by molar-refractivity contribution is 5.90. The van der Waals surface area contributed by atoms with Crippen molar-refractivity contribution in [3.05, 3.63) is 82.9 Å². The lowest BCUT2D eigenvalue weighted by atomic mass is 9.89. The van der Waals surface area contributed by atoms with Gasteiger partial charge in [0.1, 0.15) is 5.82 Å². The van der Waals surface area contributed by atoms with Crippen LogP contribution in [-0.4, -0.2) is 38.7 Å². The second-order valence-corrected chi connectivity index (χ2v) is 8.63. The second-order valence-electron chi connectivity index (χ2n) is 8.63. The number of carbonyl (C=O) groups is 1. The maximum absolute atomic E-state index is 12.7. The van der Waals surface area contributed by atoms with Gasteiger partial charge in [-0.05, 0) is 29.9 Å². The minimum absolute atomic E-state index is 0.148. The Morgan fingerprint density at radius 2 is 1.80 bits per heavy atom. The highest BCUT2D eigenvalue weighted by Crippen LogP contribution is 2.33. The van der Waals surface area contributed by atoms with Gasteiger partial charge in [-0.25, -0.2) is 0 Å². The molecule has 5 rings (SSSR count). The van der Waals surface area contributed by atoms with Gasteiger partial charge < -0.3 is 9.88 Å². The Morgan fingerprint density at radius 3 is 2.63 bits per heavy atom. The Labute approximate surface area is 176 Å². The molecule has 0 saturated carbocycles. The van der Waals surface area contributed by atoms with E-state index < -0.39 is 0 Å². The van der Waals surface area contributed by atoms with E-state index in [1.54, 1.807) is 0 Å². The van der Waals surface area contributed by atoms with Crippen molar-refractivity contribution in [2.45, 2.75) is 33.0 Å². The number of benzene rings is 2. The third-order valence-corrected chi connectivity index (χ3v) is 6.33. The highest BCUT2D eigenvalue weighted by Gasteiger charge is 2.39. The van der Waals surface area contributed by atoms with Gasteiger partial charge in [-0.15, -0.1) is 10.2 Å². The van der Waals surface area contributed by atoms with E-state index in [1.165, 1.54) is 11.1 Å². The number of nitrogens with one attached hydrogen (secondary N) is 1. The average molecular weight is 402 g/mol. The number of hydrogen-bond acceptors (Lipinski definition) is 4. The van der Waals surface area contributed by atoms with Crippen LogP contribution < -0.4 is 5.32 Å². The van der Waals surface area contributed by atoms with E-state index in [0.717, 1.165) is 44.0 Å². The molecule has 6 heteroatoms. The van der Waals surface area contributed by atoms with Gasteiger partial charge >= 0.3 is 0 Å². The summed E-state index contributed by atoms with van der Waals surface area (Å²) in [4.78, 5) is 15.3. The van der Waals surface area contributed by atoms with E-state index >= 15 is 0 Å². The third kappa shape index (κ3) is 3.87. The fourth-order valence-corrected chi connectivity index (χ4v) is 4.84. The van der Waals surface area contributed by atoms with Crippen LogP contribution in [0.3, 0.4) is 0 Å². The van der Waals surface area contributed by atoms with Crippen LogP contribution in [0, 0.1) is 18.8 Å². The van der Waals surface area contributed by atoms with Crippen molar-refractivity contribution in [1.82, 2.24) is 25.0 Å². The van der Waals surface area contributed by atoms with Gasteiger partial charge in [0.25, 0.3) is 5.91 Å². The van der Waals surface area contributed by atoms with E-state index in [1.807, 2.05) is 34.9 Å². The Kier molecular flexibility index (Phi) is 5.09. The van der Waals surface area contributed by atoms with Crippen LogP contribution in [0.15, 0.2) is 54.6 Å². The van der Waals surface area contributed by atoms with Gasteiger partial charge in [0.2, 0.25) is 5.82 Å². The number of likely N-dealkylation sites (tertiary alicyclic amines) is 1. The van der Waals surface area contributed by atoms with Gasteiger partial charge in [0.05, 0.1) is 0 Å². The molecule has 0 spiro atoms. The zero-order valence-electron chi connectivity index (χ0n) is 17.3. The zero-order chi connectivity index (χ0) is 20.5. The minimum Gasteiger partial charge on any atom is -0.345 e. The van der Waals surface area contributed by atoms with Crippen LogP contribution in [0.1, 0.15) is 33.1 Å². The van der Waals surface area contributed by atoms with Gasteiger partial charge in [-0.1, -0.05) is 60.2 Å². The standard InChI is InChI=1S/C24H27N5O/c1-17-6-5-9-19(10-17)13-28-14-20-11-22-26-27-23(29(22)16-21(20)15-28)24(30)25-12-18-7-3-2-4-8-18/h2-10,20-21H,11-16H2,1H3,(H,25,30)/t20-,21-/m0/s1. The Balaban J connectivity index is 1.24. The molecule has 0 aliphatic carbocycles. The van der Waals surface area contributed by atoms with E-state index in [2.05, 4.69) is 51.6 Å². The monoisotopic (exact) mass is 401 g/mol. The summed E-state index contributed by atoms with van der Waals surface area (Å²) in [6.45, 7) is 6.59. The first-order valence-corrected chi connectivity index (χ1v) is 10.7. The largest absolute Gasteiger partial charge is 0.345 e. The van der Waals surface area contributed by atoms with Crippen molar-refractivity contribution < 1.29 is 4.79 Å². The zero-order valence-corrected chi connectivity index (χ0v) is 17.3. The molecule has 0 unspecified atom stereocenters. The SMILES string of the molecule is Cc1cccc(CN2C[C@@H]3Cc4nnc(C(=O)NCc5ccccc5)n4C[C@@H]3C2)c1. The quantitative estimate of drug-likeness (QED) is 0.714. The predicted molar refractivity (Wildman–Crippen MR) is 115 cm³/mol. The first-order chi connectivity index (χ1) is 14.7. The van der Waals surface area contributed by atoms with E-state index in [0.29, 0.717) is 24.2 Å². The lowest BCUT2D eigenvalue weighted by Gasteiger charge is -2.25. The molecule has 30 heavy (non-hydrogen) atoms. The van der Waals surface area contributed by atoms with Crippen molar-refractivity contribution in [1.29, 1.82) is 0 Å². The molecule has 1 fully saturated rings. The van der Waals surface area contributed by atoms with E-state index in [-0.39, 0.29) is 5.91 Å². The number of amides is 1. The summed E-state index contributed by atoms with van der Waals surface area (Å²) < 4.78 is 2.04. The molecule has 2 aliphatic heterocycles. The lowest BCUT2D eigenvalue weighted by Crippen LogP contribution is -2.32. The van der Waals surface area contributed by atoms with Crippen molar-refractivity contribution in [2.24, 2.45) is 11.8 Å². The summed E-state index contributed by atoms with van der Waals surface area (Å²) in [6, 6.07) is 18.7. The Bertz CT molecular complexity index is 1040. The number of hydrogen-bond donors (Lipinski definition) is 1. The number of aryl methyl sites for hydroxylation is 1. The number of nitrogens with zero attached hydrogens (tertiary/aromatic N) is 4. The summed E-state index contributed by atoms with van der Waals surface area (Å²) in [5, 5.41) is 11.6. The maximum Gasteiger partial charge on any atom is 0.289 e. The molecule has 6 nitrogen and oxygen atoms in total. The van der Waals surface area contributed by atoms with Crippen LogP contribution >= 0.6 is 0 Å². The second kappa shape index (κ2) is 8.03. The molecule has 2 aromatic carbocycles. The fraction of sp³-hybridized carbons (Fsp3) is 0.375. The number of rotatable bonds is 5. The van der Waals surface area contributed by atoms with Crippen LogP contribution in [0.4, 0.5) is 0 Å². The molecule has 1 N–H and O–H groups in total. The molecule has 1 saturated heterocycles. The van der Waals surface area contributed by atoms with Crippen molar-refractivity contribution in [3.63, 3.8) is 0 Å². The molecule has 1 amide bonds. The molecule has 154 valence electrons. The molecule has 3 heterocycles. The van der Waals surface area contributed by atoms with E-state index in [4.69, 9.17) is 0 Å². The molecule has 2 atom stereocenters. The Hall–Kier alpha value is -2.99. The highest BCUT2D eigenvalue weighted by atomic mass is 16.2. The maximum atomic E-state index is 12.7. The predicted octanol–water partition coefficient (Wildman–Crippen LogP) is 2.82. The molecular weight excluding hydrogens is 374 g/mol. The van der Waals surface area contributed by atoms with Crippen molar-refractivity contribution in [3.8, 4) is 0 Å². The van der Waals surface area contributed by atoms with Crippen molar-refractivity contribution in [2.75, 3.05) is 13.1 Å². The molecule has 1 aromatic heterocycles. The minimum atomic E-state index is -0.148. The van der Waals surface area contributed by atoms with Crippen LogP contribution in [0.25, 0.3) is 0 Å². The van der Waals surface area contributed by atoms with Crippen LogP contribution in [-0.2, 0) is 26.1 Å². The fourth-order valence-electron chi connectivity index (χ4n) is 4.84. The van der Waals surface area contributed by atoms with Gasteiger partial charge in [0, 0.05) is 39.1 Å². The molecule has 0 radical (unpaired) electrons. The van der Waals surface area contributed by atoms with Crippen LogP contribution in [0.2, 0.25) is 0 Å². The summed E-state index contributed by atoms with van der Waals surface area (Å²) in [5.41, 5.74) is 3.75. The smallest absolute Gasteiger partial charge is 0.289 e. The van der Waals surface area contributed by atoms with Gasteiger partial charge in [-0.3, -0.25) is 9.69 Å². The molecular formula is C24H27N5O. The molecule has 0 bridgehead atoms. The molecule has 2 aliphatic rings. The third-order valence-electron chi connectivity index (χ3n) is 6.33.